The van der Waals surface area contributed by atoms with Gasteiger partial charge in [-0.3, -0.25) is 20.7 Å². The number of nitrogens with two attached hydrogens (primary N) is 1. The van der Waals surface area contributed by atoms with Gasteiger partial charge in [0.15, 0.2) is 0 Å². The molecule has 0 aromatic heterocycles. The Kier molecular flexibility index (Phi) is 54.8. The first kappa shape index (κ1) is 54.2. The fraction of sp³-hybridized carbons (Fsp3) is 0.846. The minimum atomic E-state index is -1.17. The molecule has 278 valence electrons. The molecule has 0 aromatic carbocycles. The van der Waals surface area contributed by atoms with Crippen molar-refractivity contribution in [3.8, 4) is 0 Å². The van der Waals surface area contributed by atoms with Crippen LogP contribution >= 0.6 is 0 Å². The Morgan fingerprint density at radius 2 is 0.875 bits per heavy atom. The van der Waals surface area contributed by atoms with E-state index in [1.807, 2.05) is 6.29 Å². The van der Waals surface area contributed by atoms with Crippen molar-refractivity contribution in [3.63, 3.8) is 0 Å². The van der Waals surface area contributed by atoms with E-state index in [0.29, 0.717) is 12.8 Å². The smallest absolute Gasteiger partial charge is 0.542 e. The molecule has 0 aromatic rings. The molecule has 0 amide bonds. The maximum absolute atomic E-state index is 10.3. The molecule has 0 aliphatic heterocycles. The predicted molar refractivity (Wildman–Crippen MR) is 196 cm³/mol. The van der Waals surface area contributed by atoms with Gasteiger partial charge >= 0.3 is 69.3 Å². The van der Waals surface area contributed by atoms with E-state index in [1.165, 1.54) is 148 Å². The molecule has 0 heterocycles. The monoisotopic (exact) mass is 708 g/mol. The van der Waals surface area contributed by atoms with E-state index < -0.39 is 23.9 Å². The van der Waals surface area contributed by atoms with Crippen molar-refractivity contribution < 1.29 is 85.9 Å². The Labute approximate surface area is 337 Å². The molecule has 0 spiro atoms. The molecule has 1 atom stereocenters. The van der Waals surface area contributed by atoms with Crippen LogP contribution in [0, 0.1) is 0 Å². The summed E-state index contributed by atoms with van der Waals surface area (Å²) in [5.74, 6) is -2.85. The quantitative estimate of drug-likeness (QED) is 0.0232. The number of carboxylic acids is 3. The summed E-state index contributed by atoms with van der Waals surface area (Å²) >= 11 is 0. The van der Waals surface area contributed by atoms with Gasteiger partial charge in [-0.25, -0.2) is 0 Å². The maximum Gasteiger partial charge on any atom is 1.00 e. The number of carboxylic acid groups (broad SMARTS) is 3. The van der Waals surface area contributed by atoms with Crippen molar-refractivity contribution >= 4 is 24.2 Å². The van der Waals surface area contributed by atoms with E-state index in [9.17, 15) is 19.2 Å². The number of carbonyl (C=O) groups excluding carboxylic acids is 1. The van der Waals surface area contributed by atoms with Crippen LogP contribution in [-0.2, 0) is 19.2 Å². The summed E-state index contributed by atoms with van der Waals surface area (Å²) in [6.07, 6.45) is 41.3. The predicted octanol–water partition coefficient (Wildman–Crippen LogP) is 7.95. The molecule has 0 aliphatic carbocycles. The molecule has 0 saturated heterocycles. The standard InChI is InChI=1S/C18H33O.C16H32O2.C5H9NO4.K/c1-2-3-4-5-6-7-8-9-10-11-12-13-14-15-16-17-18-19;1-2-3-4-5-6-7-8-9-10-11-12-13-14-15-16(17)18;6-3(5(9)10)1-2-4(7)8;/h9-10H,2-8,11-17H2,1H3;2-15H2,1H3,(H,17,18);3H,1-2,6H2,(H,7,8)(H,9,10);/q-1;;;+1/b10-9-;;;. The summed E-state index contributed by atoms with van der Waals surface area (Å²) in [6.45, 7) is 4.53. The van der Waals surface area contributed by atoms with Gasteiger partial charge < -0.3 is 25.8 Å². The molecular weight excluding hydrogens is 634 g/mol. The summed E-state index contributed by atoms with van der Waals surface area (Å²) in [7, 11) is 0. The van der Waals surface area contributed by atoms with Gasteiger partial charge in [0.25, 0.3) is 0 Å². The summed E-state index contributed by atoms with van der Waals surface area (Å²) in [5, 5.41) is 24.8. The minimum Gasteiger partial charge on any atom is -0.542 e. The molecule has 5 N–H and O–H groups in total. The van der Waals surface area contributed by atoms with Crippen molar-refractivity contribution in [1.82, 2.24) is 0 Å². The van der Waals surface area contributed by atoms with Gasteiger partial charge in [0.2, 0.25) is 0 Å². The molecule has 8 nitrogen and oxygen atoms in total. The summed E-state index contributed by atoms with van der Waals surface area (Å²) in [5.41, 5.74) is 5.00. The Morgan fingerprint density at radius 1 is 0.542 bits per heavy atom. The first-order valence-corrected chi connectivity index (χ1v) is 19.1. The van der Waals surface area contributed by atoms with E-state index >= 15 is 0 Å². The average Bonchev–Trinajstić information content (AvgIpc) is 3.04. The zero-order valence-electron chi connectivity index (χ0n) is 31.5. The molecule has 0 saturated carbocycles. The van der Waals surface area contributed by atoms with Gasteiger partial charge in [-0.2, -0.15) is 6.42 Å². The molecule has 9 heteroatoms. The van der Waals surface area contributed by atoms with Crippen molar-refractivity contribution in [2.45, 2.75) is 213 Å². The summed E-state index contributed by atoms with van der Waals surface area (Å²) in [6, 6.07) is -1.06. The fourth-order valence-electron chi connectivity index (χ4n) is 4.96. The number of carbonyl (C=O) groups is 3. The molecule has 0 radical (unpaired) electrons. The van der Waals surface area contributed by atoms with Gasteiger partial charge in [0.1, 0.15) is 6.04 Å². The Balaban J connectivity index is -0.000000313. The average molecular weight is 708 g/mol. The van der Waals surface area contributed by atoms with Crippen molar-refractivity contribution in [2.24, 2.45) is 5.73 Å². The van der Waals surface area contributed by atoms with Crippen LogP contribution in [0.15, 0.2) is 12.2 Å². The van der Waals surface area contributed by atoms with Gasteiger partial charge in [-0.05, 0) is 38.5 Å². The minimum absolute atomic E-state index is 0. The number of hydrogen-bond donors (Lipinski definition) is 4. The zero-order valence-corrected chi connectivity index (χ0v) is 34.6. The van der Waals surface area contributed by atoms with Crippen LogP contribution in [0.5, 0.6) is 0 Å². The van der Waals surface area contributed by atoms with Crippen LogP contribution in [0.25, 0.3) is 0 Å². The van der Waals surface area contributed by atoms with E-state index in [4.69, 9.17) is 21.1 Å². The van der Waals surface area contributed by atoms with Gasteiger partial charge in [0.05, 0.1) is 0 Å². The normalized spacial score (nSPS) is 11.1. The number of aliphatic carboxylic acids is 3. The largest absolute Gasteiger partial charge is 1.00 e. The van der Waals surface area contributed by atoms with E-state index in [-0.39, 0.29) is 64.2 Å². The summed E-state index contributed by atoms with van der Waals surface area (Å²) in [4.78, 5) is 40.2. The molecule has 0 aliphatic rings. The first-order valence-electron chi connectivity index (χ1n) is 19.1. The molecule has 48 heavy (non-hydrogen) atoms. The molecule has 1 unspecified atom stereocenters. The fourth-order valence-corrected chi connectivity index (χ4v) is 4.96. The Bertz CT molecular complexity index is 718. The topological polar surface area (TPSA) is 155 Å². The maximum atomic E-state index is 10.3. The van der Waals surface area contributed by atoms with Gasteiger partial charge in [-0.1, -0.05) is 161 Å². The van der Waals surface area contributed by atoms with Crippen LogP contribution in [0.2, 0.25) is 0 Å². The number of hydrogen-bond acceptors (Lipinski definition) is 5. The van der Waals surface area contributed by atoms with E-state index in [1.54, 1.807) is 0 Å². The third-order valence-electron chi connectivity index (χ3n) is 8.02. The second-order valence-corrected chi connectivity index (χ2v) is 12.7. The number of rotatable bonds is 33. The third-order valence-corrected chi connectivity index (χ3v) is 8.02. The second kappa shape index (κ2) is 48.5. The van der Waals surface area contributed by atoms with Crippen molar-refractivity contribution in [3.05, 3.63) is 12.2 Å². The van der Waals surface area contributed by atoms with Crippen LogP contribution in [0.4, 0.5) is 0 Å². The molecule has 0 bridgehead atoms. The Morgan fingerprint density at radius 3 is 1.21 bits per heavy atom. The van der Waals surface area contributed by atoms with Crippen LogP contribution in [-0.4, -0.2) is 45.6 Å². The summed E-state index contributed by atoms with van der Waals surface area (Å²) < 4.78 is 0. The second-order valence-electron chi connectivity index (χ2n) is 12.7. The van der Waals surface area contributed by atoms with Crippen molar-refractivity contribution in [2.75, 3.05) is 0 Å². The van der Waals surface area contributed by atoms with E-state index in [0.717, 1.165) is 19.3 Å². The van der Waals surface area contributed by atoms with Crippen LogP contribution < -0.4 is 57.1 Å². The molecule has 0 rings (SSSR count). The SMILES string of the molecule is CCCCCCCC/C=C\CCCCCCC[C-]=O.CCCCCCCCCCCCCCCC(=O)O.NC(CCC(=O)O)C(=O)O.[K+]. The number of allylic oxidation sites excluding steroid dienone is 2. The zero-order chi connectivity index (χ0) is 35.6. The van der Waals surface area contributed by atoms with Crippen LogP contribution in [0.1, 0.15) is 206 Å². The molecule has 0 fully saturated rings. The van der Waals surface area contributed by atoms with E-state index in [2.05, 4.69) is 26.0 Å². The third kappa shape index (κ3) is 57.7. The Hall–Kier alpha value is -0.584. The van der Waals surface area contributed by atoms with Crippen molar-refractivity contribution in [1.29, 1.82) is 0 Å². The van der Waals surface area contributed by atoms with Gasteiger partial charge in [-0.15, -0.1) is 0 Å². The van der Waals surface area contributed by atoms with Gasteiger partial charge in [0, 0.05) is 12.8 Å². The van der Waals surface area contributed by atoms with Crippen LogP contribution in [0.3, 0.4) is 0 Å². The first-order chi connectivity index (χ1) is 22.7. The number of unbranched alkanes of at least 4 members (excludes halogenated alkanes) is 24. The molecular formula is C39H74KNO7.